The average Bonchev–Trinajstić information content (AvgIpc) is 3.32. The lowest BCUT2D eigenvalue weighted by Crippen LogP contribution is -2.47. The molecule has 0 fully saturated rings. The zero-order valence-electron chi connectivity index (χ0n) is 25.5. The molecule has 2 amide bonds. The quantitative estimate of drug-likeness (QED) is 0.300. The van der Waals surface area contributed by atoms with Crippen molar-refractivity contribution >= 4 is 28.4 Å². The molecule has 8 nitrogen and oxygen atoms in total. The Morgan fingerprint density at radius 3 is 2.63 bits per heavy atom. The predicted molar refractivity (Wildman–Crippen MR) is 170 cm³/mol. The van der Waals surface area contributed by atoms with Gasteiger partial charge in [0.25, 0.3) is 0 Å². The Bertz CT molecular complexity index is 1570. The third-order valence-electron chi connectivity index (χ3n) is 8.32. The van der Waals surface area contributed by atoms with Crippen LogP contribution in [0, 0.1) is 5.92 Å². The molecule has 8 heteroatoms. The standard InChI is InChI=1S/C35H42N4O4/c1-24-19-39(25(2)23-40)35(42)18-27-16-29(36-34(41)17-28-21-38(4)31-13-9-8-12-30(28)31)14-15-32(27)43-33(24)22-37(3)20-26-10-6-5-7-11-26/h5-16,21,24-25,33,40H,17-20,22-23H2,1-4H3,(H,36,41)/t24-,25+,33+/m1/s1. The summed E-state index contributed by atoms with van der Waals surface area (Å²) in [6.07, 6.45) is 2.15. The average molecular weight is 583 g/mol. The molecule has 226 valence electrons. The number of anilines is 1. The van der Waals surface area contributed by atoms with Crippen molar-refractivity contribution in [3.63, 3.8) is 0 Å². The number of likely N-dealkylation sites (N-methyl/N-ethyl adjacent to an activating group) is 1. The number of ether oxygens (including phenoxy) is 1. The van der Waals surface area contributed by atoms with Crippen molar-refractivity contribution in [2.24, 2.45) is 13.0 Å². The van der Waals surface area contributed by atoms with Crippen molar-refractivity contribution in [3.8, 4) is 5.75 Å². The van der Waals surface area contributed by atoms with E-state index in [1.807, 2.05) is 85.4 Å². The van der Waals surface area contributed by atoms with Crippen LogP contribution < -0.4 is 10.1 Å². The Kier molecular flexibility index (Phi) is 9.48. The molecule has 2 heterocycles. The molecule has 0 saturated heterocycles. The number of benzene rings is 3. The van der Waals surface area contributed by atoms with Crippen LogP contribution >= 0.6 is 0 Å². The highest BCUT2D eigenvalue weighted by molar-refractivity contribution is 5.96. The van der Waals surface area contributed by atoms with Gasteiger partial charge in [0.05, 0.1) is 25.5 Å². The minimum atomic E-state index is -0.317. The maximum absolute atomic E-state index is 13.6. The number of rotatable bonds is 9. The number of fused-ring (bicyclic) bond motifs is 2. The second-order valence-electron chi connectivity index (χ2n) is 11.9. The third kappa shape index (κ3) is 7.27. The van der Waals surface area contributed by atoms with Gasteiger partial charge in [-0.3, -0.25) is 14.5 Å². The van der Waals surface area contributed by atoms with Crippen molar-refractivity contribution < 1.29 is 19.4 Å². The molecule has 0 unspecified atom stereocenters. The molecule has 0 radical (unpaired) electrons. The summed E-state index contributed by atoms with van der Waals surface area (Å²) in [7, 11) is 4.05. The summed E-state index contributed by atoms with van der Waals surface area (Å²) in [4.78, 5) is 30.7. The van der Waals surface area contributed by atoms with E-state index in [0.29, 0.717) is 30.1 Å². The molecule has 5 rings (SSSR count). The fourth-order valence-corrected chi connectivity index (χ4v) is 5.94. The fourth-order valence-electron chi connectivity index (χ4n) is 5.94. The van der Waals surface area contributed by atoms with Gasteiger partial charge >= 0.3 is 0 Å². The number of hydrogen-bond donors (Lipinski definition) is 2. The van der Waals surface area contributed by atoms with E-state index < -0.39 is 0 Å². The van der Waals surface area contributed by atoms with Gasteiger partial charge in [0.15, 0.2) is 0 Å². The maximum Gasteiger partial charge on any atom is 0.228 e. The molecule has 43 heavy (non-hydrogen) atoms. The van der Waals surface area contributed by atoms with E-state index in [9.17, 15) is 14.7 Å². The smallest absolute Gasteiger partial charge is 0.228 e. The Labute approximate surface area is 253 Å². The zero-order valence-corrected chi connectivity index (χ0v) is 25.5. The number of nitrogens with zero attached hydrogens (tertiary/aromatic N) is 3. The van der Waals surface area contributed by atoms with Gasteiger partial charge in [0, 0.05) is 61.0 Å². The highest BCUT2D eigenvalue weighted by Gasteiger charge is 2.31. The van der Waals surface area contributed by atoms with Crippen LogP contribution in [-0.4, -0.2) is 70.2 Å². The molecule has 0 saturated carbocycles. The van der Waals surface area contributed by atoms with E-state index in [1.54, 1.807) is 4.90 Å². The number of aliphatic hydroxyl groups excluding tert-OH is 1. The van der Waals surface area contributed by atoms with E-state index in [2.05, 4.69) is 36.3 Å². The second-order valence-corrected chi connectivity index (χ2v) is 11.9. The number of nitrogens with one attached hydrogen (secondary N) is 1. The van der Waals surface area contributed by atoms with Crippen LogP contribution in [0.15, 0.2) is 79.0 Å². The first kappa shape index (κ1) is 30.3. The number of aryl methyl sites for hydroxylation is 1. The highest BCUT2D eigenvalue weighted by Crippen LogP contribution is 2.30. The van der Waals surface area contributed by atoms with Gasteiger partial charge in [-0.25, -0.2) is 0 Å². The van der Waals surface area contributed by atoms with Crippen LogP contribution in [0.1, 0.15) is 30.5 Å². The molecule has 0 spiro atoms. The molecule has 0 bridgehead atoms. The van der Waals surface area contributed by atoms with Gasteiger partial charge in [0.1, 0.15) is 11.9 Å². The first-order chi connectivity index (χ1) is 20.7. The number of hydrogen-bond acceptors (Lipinski definition) is 5. The zero-order chi connectivity index (χ0) is 30.5. The van der Waals surface area contributed by atoms with Crippen molar-refractivity contribution in [1.29, 1.82) is 0 Å². The lowest BCUT2D eigenvalue weighted by atomic mass is 10.0. The number of amides is 2. The highest BCUT2D eigenvalue weighted by atomic mass is 16.5. The summed E-state index contributed by atoms with van der Waals surface area (Å²) >= 11 is 0. The number of aliphatic hydroxyl groups is 1. The van der Waals surface area contributed by atoms with Crippen LogP contribution in [0.25, 0.3) is 10.9 Å². The Morgan fingerprint density at radius 2 is 1.86 bits per heavy atom. The van der Waals surface area contributed by atoms with E-state index in [4.69, 9.17) is 4.74 Å². The van der Waals surface area contributed by atoms with E-state index in [1.165, 1.54) is 5.56 Å². The fraction of sp³-hybridized carbons (Fsp3) is 0.371. The second kappa shape index (κ2) is 13.4. The van der Waals surface area contributed by atoms with Gasteiger partial charge in [-0.05, 0) is 49.4 Å². The summed E-state index contributed by atoms with van der Waals surface area (Å²) in [6.45, 7) is 5.76. The molecular weight excluding hydrogens is 540 g/mol. The molecule has 2 N–H and O–H groups in total. The van der Waals surface area contributed by atoms with Crippen LogP contribution in [0.4, 0.5) is 5.69 Å². The molecule has 3 atom stereocenters. The monoisotopic (exact) mass is 582 g/mol. The molecule has 0 aliphatic carbocycles. The van der Waals surface area contributed by atoms with Gasteiger partial charge in [-0.1, -0.05) is 55.5 Å². The normalized spacial score (nSPS) is 18.0. The molecule has 1 aliphatic rings. The number of carbonyl (C=O) groups is 2. The first-order valence-electron chi connectivity index (χ1n) is 15.0. The molecule has 1 aliphatic heterocycles. The third-order valence-corrected chi connectivity index (χ3v) is 8.32. The summed E-state index contributed by atoms with van der Waals surface area (Å²) in [5, 5.41) is 14.0. The summed E-state index contributed by atoms with van der Waals surface area (Å²) in [5.41, 5.74) is 4.59. The van der Waals surface area contributed by atoms with E-state index >= 15 is 0 Å². The lowest BCUT2D eigenvalue weighted by Gasteiger charge is -2.34. The van der Waals surface area contributed by atoms with Gasteiger partial charge in [0.2, 0.25) is 11.8 Å². The van der Waals surface area contributed by atoms with Crippen molar-refractivity contribution in [1.82, 2.24) is 14.4 Å². The van der Waals surface area contributed by atoms with Crippen LogP contribution in [0.5, 0.6) is 5.75 Å². The Hall–Kier alpha value is -4.14. The van der Waals surface area contributed by atoms with E-state index in [-0.39, 0.29) is 49.3 Å². The predicted octanol–water partition coefficient (Wildman–Crippen LogP) is 4.64. The summed E-state index contributed by atoms with van der Waals surface area (Å²) < 4.78 is 8.69. The number of aromatic nitrogens is 1. The Morgan fingerprint density at radius 1 is 1.12 bits per heavy atom. The van der Waals surface area contributed by atoms with Crippen molar-refractivity contribution in [2.75, 3.05) is 32.1 Å². The van der Waals surface area contributed by atoms with E-state index in [0.717, 1.165) is 23.0 Å². The SMILES string of the molecule is C[C@@H]1CN([C@@H](C)CO)C(=O)Cc2cc(NC(=O)Cc3cn(C)c4ccccc34)ccc2O[C@H]1CN(C)Cc1ccccc1. The summed E-state index contributed by atoms with van der Waals surface area (Å²) in [6, 6.07) is 23.6. The maximum atomic E-state index is 13.6. The van der Waals surface area contributed by atoms with Crippen LogP contribution in [0.2, 0.25) is 0 Å². The number of para-hydroxylation sites is 1. The minimum Gasteiger partial charge on any atom is -0.488 e. The van der Waals surface area contributed by atoms with Gasteiger partial charge in [-0.2, -0.15) is 0 Å². The molecule has 1 aromatic heterocycles. The molecule has 4 aromatic rings. The summed E-state index contributed by atoms with van der Waals surface area (Å²) in [5.74, 6) is 0.456. The van der Waals surface area contributed by atoms with Crippen LogP contribution in [-0.2, 0) is 36.0 Å². The lowest BCUT2D eigenvalue weighted by molar-refractivity contribution is -0.134. The van der Waals surface area contributed by atoms with Crippen molar-refractivity contribution in [2.45, 2.75) is 45.4 Å². The largest absolute Gasteiger partial charge is 0.488 e. The Balaban J connectivity index is 1.37. The molecular formula is C35H42N4O4. The minimum absolute atomic E-state index is 0.0159. The van der Waals surface area contributed by atoms with Gasteiger partial charge in [-0.15, -0.1) is 0 Å². The molecule has 3 aromatic carbocycles. The topological polar surface area (TPSA) is 87.0 Å². The number of carbonyl (C=O) groups excluding carboxylic acids is 2. The van der Waals surface area contributed by atoms with Gasteiger partial charge < -0.3 is 24.6 Å². The van der Waals surface area contributed by atoms with Crippen LogP contribution in [0.3, 0.4) is 0 Å². The van der Waals surface area contributed by atoms with Crippen molar-refractivity contribution in [3.05, 3.63) is 95.7 Å². The first-order valence-corrected chi connectivity index (χ1v) is 15.0.